The van der Waals surface area contributed by atoms with Crippen LogP contribution in [0.4, 0.5) is 0 Å². The molecular weight excluding hydrogens is 406 g/mol. The summed E-state index contributed by atoms with van der Waals surface area (Å²) in [6.45, 7) is 8.14. The zero-order valence-electron chi connectivity index (χ0n) is 19.9. The molecule has 0 saturated carbocycles. The molecule has 0 unspecified atom stereocenters. The summed E-state index contributed by atoms with van der Waals surface area (Å²) in [6.07, 6.45) is 13.0. The van der Waals surface area contributed by atoms with Gasteiger partial charge in [0.2, 0.25) is 0 Å². The number of piperidine rings is 2. The summed E-state index contributed by atoms with van der Waals surface area (Å²) in [5, 5.41) is 2.55. The number of pyridine rings is 2. The first kappa shape index (κ1) is 22.5. The molecular formula is C28H37N5. The molecule has 0 amide bonds. The van der Waals surface area contributed by atoms with Gasteiger partial charge in [0.1, 0.15) is 0 Å². The molecule has 0 N–H and O–H groups in total. The molecule has 1 aromatic carbocycles. The summed E-state index contributed by atoms with van der Waals surface area (Å²) in [6, 6.07) is 13.9. The lowest BCUT2D eigenvalue weighted by Gasteiger charge is -2.42. The third-order valence-electron chi connectivity index (χ3n) is 7.69. The molecule has 2 aliphatic heterocycles. The van der Waals surface area contributed by atoms with Crippen LogP contribution in [0, 0.1) is 5.92 Å². The summed E-state index contributed by atoms with van der Waals surface area (Å²) >= 11 is 0. The van der Waals surface area contributed by atoms with Gasteiger partial charge in [-0.3, -0.25) is 14.9 Å². The average Bonchev–Trinajstić information content (AvgIpc) is 2.86. The Morgan fingerprint density at radius 2 is 1.61 bits per heavy atom. The van der Waals surface area contributed by atoms with Gasteiger partial charge in [-0.2, -0.15) is 0 Å². The zero-order valence-corrected chi connectivity index (χ0v) is 19.9. The lowest BCUT2D eigenvalue weighted by molar-refractivity contribution is 0.0729. The van der Waals surface area contributed by atoms with Gasteiger partial charge in [0, 0.05) is 55.8 Å². The molecule has 5 nitrogen and oxygen atoms in total. The lowest BCUT2D eigenvalue weighted by Crippen LogP contribution is -2.47. The summed E-state index contributed by atoms with van der Waals surface area (Å²) in [5.41, 5.74) is 2.74. The Bertz CT molecular complexity index is 1000. The molecule has 5 heteroatoms. The van der Waals surface area contributed by atoms with Crippen molar-refractivity contribution in [3.63, 3.8) is 0 Å². The van der Waals surface area contributed by atoms with Gasteiger partial charge in [-0.15, -0.1) is 0 Å². The van der Waals surface area contributed by atoms with Gasteiger partial charge in [0.25, 0.3) is 0 Å². The largest absolute Gasteiger partial charge is 0.306 e. The first-order valence-corrected chi connectivity index (χ1v) is 12.6. The van der Waals surface area contributed by atoms with Crippen LogP contribution in [0.25, 0.3) is 10.8 Å². The van der Waals surface area contributed by atoms with Gasteiger partial charge in [0.15, 0.2) is 0 Å². The smallest absolute Gasteiger partial charge is 0.0346 e. The minimum Gasteiger partial charge on any atom is -0.306 e. The molecule has 4 heterocycles. The molecule has 0 atom stereocenters. The molecule has 0 aliphatic carbocycles. The van der Waals surface area contributed by atoms with Crippen LogP contribution in [0.1, 0.15) is 36.8 Å². The molecule has 33 heavy (non-hydrogen) atoms. The van der Waals surface area contributed by atoms with E-state index in [4.69, 9.17) is 0 Å². The quantitative estimate of drug-likeness (QED) is 0.540. The SMILES string of the molecule is CN1CCC(N2CCC(CN(Cc3ccncc3)Cc3cccc4cnccc34)CC2)CC1. The van der Waals surface area contributed by atoms with E-state index in [0.29, 0.717) is 0 Å². The fourth-order valence-electron chi connectivity index (χ4n) is 5.73. The van der Waals surface area contributed by atoms with Crippen LogP contribution < -0.4 is 0 Å². The number of benzene rings is 1. The second-order valence-electron chi connectivity index (χ2n) is 10.1. The first-order valence-electron chi connectivity index (χ1n) is 12.6. The van der Waals surface area contributed by atoms with Crippen LogP contribution in [-0.4, -0.2) is 70.5 Å². The molecule has 2 aromatic heterocycles. The maximum Gasteiger partial charge on any atom is 0.0346 e. The topological polar surface area (TPSA) is 35.5 Å². The number of aromatic nitrogens is 2. The average molecular weight is 444 g/mol. The third-order valence-corrected chi connectivity index (χ3v) is 7.69. The minimum atomic E-state index is 0.769. The van der Waals surface area contributed by atoms with Crippen molar-refractivity contribution < 1.29 is 0 Å². The monoisotopic (exact) mass is 443 g/mol. The Balaban J connectivity index is 1.25. The van der Waals surface area contributed by atoms with Gasteiger partial charge in [-0.1, -0.05) is 18.2 Å². The predicted octanol–water partition coefficient (Wildman–Crippen LogP) is 4.44. The fourth-order valence-corrected chi connectivity index (χ4v) is 5.73. The van der Waals surface area contributed by atoms with Gasteiger partial charge in [-0.25, -0.2) is 0 Å². The zero-order chi connectivity index (χ0) is 22.5. The van der Waals surface area contributed by atoms with Gasteiger partial charge in [0.05, 0.1) is 0 Å². The van der Waals surface area contributed by atoms with Crippen LogP contribution in [0.2, 0.25) is 0 Å². The molecule has 0 bridgehead atoms. The van der Waals surface area contributed by atoms with Crippen molar-refractivity contribution in [3.8, 4) is 0 Å². The van der Waals surface area contributed by atoms with Crippen molar-refractivity contribution in [1.82, 2.24) is 24.7 Å². The molecule has 2 fully saturated rings. The number of fused-ring (bicyclic) bond motifs is 1. The van der Waals surface area contributed by atoms with E-state index in [1.807, 2.05) is 24.8 Å². The number of hydrogen-bond donors (Lipinski definition) is 0. The van der Waals surface area contributed by atoms with Crippen molar-refractivity contribution in [3.05, 3.63) is 72.3 Å². The Kier molecular flexibility index (Phi) is 7.30. The molecule has 0 radical (unpaired) electrons. The summed E-state index contributed by atoms with van der Waals surface area (Å²) < 4.78 is 0. The highest BCUT2D eigenvalue weighted by Gasteiger charge is 2.28. The Morgan fingerprint density at radius 1 is 0.848 bits per heavy atom. The second kappa shape index (κ2) is 10.7. The van der Waals surface area contributed by atoms with Crippen LogP contribution in [0.3, 0.4) is 0 Å². The van der Waals surface area contributed by atoms with Gasteiger partial charge >= 0.3 is 0 Å². The van der Waals surface area contributed by atoms with E-state index in [1.165, 1.54) is 73.8 Å². The van der Waals surface area contributed by atoms with Crippen LogP contribution >= 0.6 is 0 Å². The first-order chi connectivity index (χ1) is 16.2. The van der Waals surface area contributed by atoms with E-state index in [2.05, 4.69) is 68.1 Å². The second-order valence-corrected chi connectivity index (χ2v) is 10.1. The van der Waals surface area contributed by atoms with Crippen molar-refractivity contribution >= 4 is 10.8 Å². The summed E-state index contributed by atoms with van der Waals surface area (Å²) in [4.78, 5) is 16.4. The molecule has 2 aliphatic rings. The summed E-state index contributed by atoms with van der Waals surface area (Å²) in [5.74, 6) is 0.769. The summed E-state index contributed by atoms with van der Waals surface area (Å²) in [7, 11) is 2.26. The van der Waals surface area contributed by atoms with E-state index in [0.717, 1.165) is 31.6 Å². The Hall–Kier alpha value is -2.34. The van der Waals surface area contributed by atoms with E-state index in [-0.39, 0.29) is 0 Å². The third kappa shape index (κ3) is 5.78. The van der Waals surface area contributed by atoms with Gasteiger partial charge in [-0.05, 0) is 99.5 Å². The lowest BCUT2D eigenvalue weighted by atomic mass is 9.92. The van der Waals surface area contributed by atoms with Crippen LogP contribution in [0.15, 0.2) is 61.2 Å². The number of nitrogens with zero attached hydrogens (tertiary/aromatic N) is 5. The fraction of sp³-hybridized carbons (Fsp3) is 0.500. The van der Waals surface area contributed by atoms with Crippen molar-refractivity contribution in [2.45, 2.75) is 44.8 Å². The maximum absolute atomic E-state index is 4.32. The Morgan fingerprint density at radius 3 is 2.39 bits per heavy atom. The van der Waals surface area contributed by atoms with Crippen LogP contribution in [-0.2, 0) is 13.1 Å². The standard InChI is InChI=1S/C28H37N5/c1-31-15-10-27(11-16-31)33-17-8-24(9-18-33)21-32(20-23-5-12-29-13-6-23)22-26-4-2-3-25-19-30-14-7-28(25)26/h2-7,12-14,19,24,27H,8-11,15-18,20-22H2,1H3. The Labute approximate surface area is 198 Å². The van der Waals surface area contributed by atoms with Crippen molar-refractivity contribution in [2.24, 2.45) is 5.92 Å². The van der Waals surface area contributed by atoms with E-state index < -0.39 is 0 Å². The highest BCUT2D eigenvalue weighted by atomic mass is 15.2. The number of likely N-dealkylation sites (tertiary alicyclic amines) is 2. The normalized spacial score (nSPS) is 19.5. The molecule has 3 aromatic rings. The molecule has 5 rings (SSSR count). The predicted molar refractivity (Wildman–Crippen MR) is 135 cm³/mol. The van der Waals surface area contributed by atoms with Crippen LogP contribution in [0.5, 0.6) is 0 Å². The molecule has 2 saturated heterocycles. The minimum absolute atomic E-state index is 0.769. The number of hydrogen-bond acceptors (Lipinski definition) is 5. The maximum atomic E-state index is 4.32. The molecule has 174 valence electrons. The van der Waals surface area contributed by atoms with Crippen molar-refractivity contribution in [1.29, 1.82) is 0 Å². The van der Waals surface area contributed by atoms with E-state index in [1.54, 1.807) is 0 Å². The molecule has 0 spiro atoms. The highest BCUT2D eigenvalue weighted by molar-refractivity contribution is 5.84. The van der Waals surface area contributed by atoms with Gasteiger partial charge < -0.3 is 9.80 Å². The van der Waals surface area contributed by atoms with E-state index in [9.17, 15) is 0 Å². The highest BCUT2D eigenvalue weighted by Crippen LogP contribution is 2.26. The van der Waals surface area contributed by atoms with E-state index >= 15 is 0 Å². The number of rotatable bonds is 7. The van der Waals surface area contributed by atoms with Crippen molar-refractivity contribution in [2.75, 3.05) is 39.8 Å².